The number of hydrogen-bond donors (Lipinski definition) is 0. The van der Waals surface area contributed by atoms with Gasteiger partial charge in [-0.15, -0.1) is 0 Å². The molecule has 2 rings (SSSR count). The predicted octanol–water partition coefficient (Wildman–Crippen LogP) is 2.31. The molecular weight excluding hydrogens is 228 g/mol. The third kappa shape index (κ3) is 2.97. The van der Waals surface area contributed by atoms with Crippen molar-refractivity contribution in [3.63, 3.8) is 0 Å². The number of benzene rings is 1. The average Bonchev–Trinajstić information content (AvgIpc) is 2.38. The van der Waals surface area contributed by atoms with Crippen molar-refractivity contribution in [3.8, 4) is 0 Å². The van der Waals surface area contributed by atoms with Crippen LogP contribution in [0.1, 0.15) is 30.9 Å². The van der Waals surface area contributed by atoms with Crippen molar-refractivity contribution in [2.24, 2.45) is 5.92 Å². The van der Waals surface area contributed by atoms with Crippen molar-refractivity contribution in [3.05, 3.63) is 35.4 Å². The van der Waals surface area contributed by atoms with Gasteiger partial charge < -0.3 is 4.74 Å². The Hall–Kier alpha value is -1.64. The SMILES string of the molecule is CCOC(=O)CC(=O)C1CCc2ccccc2C1. The molecule has 1 aromatic rings. The molecule has 3 heteroatoms. The van der Waals surface area contributed by atoms with Gasteiger partial charge in [-0.3, -0.25) is 9.59 Å². The Labute approximate surface area is 107 Å². The highest BCUT2D eigenvalue weighted by atomic mass is 16.5. The van der Waals surface area contributed by atoms with E-state index in [1.54, 1.807) is 6.92 Å². The largest absolute Gasteiger partial charge is 0.466 e. The van der Waals surface area contributed by atoms with Gasteiger partial charge >= 0.3 is 5.97 Å². The summed E-state index contributed by atoms with van der Waals surface area (Å²) in [7, 11) is 0. The van der Waals surface area contributed by atoms with Crippen molar-refractivity contribution >= 4 is 11.8 Å². The van der Waals surface area contributed by atoms with Gasteiger partial charge in [0.25, 0.3) is 0 Å². The smallest absolute Gasteiger partial charge is 0.313 e. The van der Waals surface area contributed by atoms with Crippen LogP contribution in [-0.2, 0) is 27.2 Å². The lowest BCUT2D eigenvalue weighted by Gasteiger charge is -2.23. The molecule has 1 aliphatic rings. The van der Waals surface area contributed by atoms with Crippen LogP contribution in [0.2, 0.25) is 0 Å². The summed E-state index contributed by atoms with van der Waals surface area (Å²) >= 11 is 0. The first-order valence-electron chi connectivity index (χ1n) is 6.45. The lowest BCUT2D eigenvalue weighted by atomic mass is 9.81. The minimum atomic E-state index is -0.402. The maximum atomic E-state index is 12.0. The van der Waals surface area contributed by atoms with Crippen LogP contribution in [0.15, 0.2) is 24.3 Å². The fraction of sp³-hybridized carbons (Fsp3) is 0.467. The first kappa shape index (κ1) is 12.8. The Morgan fingerprint density at radius 1 is 1.28 bits per heavy atom. The fourth-order valence-corrected chi connectivity index (χ4v) is 2.47. The number of ketones is 1. The molecule has 0 radical (unpaired) electrons. The van der Waals surface area contributed by atoms with Crippen LogP contribution in [0.25, 0.3) is 0 Å². The minimum Gasteiger partial charge on any atom is -0.466 e. The molecule has 0 aromatic heterocycles. The van der Waals surface area contributed by atoms with E-state index in [0.29, 0.717) is 6.61 Å². The number of esters is 1. The Kier molecular flexibility index (Phi) is 4.13. The lowest BCUT2D eigenvalue weighted by Crippen LogP contribution is -2.25. The normalized spacial score (nSPS) is 17.9. The van der Waals surface area contributed by atoms with Gasteiger partial charge in [0.15, 0.2) is 0 Å². The van der Waals surface area contributed by atoms with E-state index in [9.17, 15) is 9.59 Å². The molecule has 0 bridgehead atoms. The molecule has 1 atom stereocenters. The predicted molar refractivity (Wildman–Crippen MR) is 68.2 cm³/mol. The molecule has 0 spiro atoms. The first-order valence-corrected chi connectivity index (χ1v) is 6.45. The summed E-state index contributed by atoms with van der Waals surface area (Å²) in [6.07, 6.45) is 2.44. The monoisotopic (exact) mass is 246 g/mol. The van der Waals surface area contributed by atoms with Gasteiger partial charge in [0.05, 0.1) is 6.61 Å². The number of ether oxygens (including phenoxy) is 1. The number of rotatable bonds is 4. The van der Waals surface area contributed by atoms with Gasteiger partial charge in [-0.25, -0.2) is 0 Å². The van der Waals surface area contributed by atoms with Gasteiger partial charge in [0, 0.05) is 5.92 Å². The summed E-state index contributed by atoms with van der Waals surface area (Å²) in [6.45, 7) is 2.08. The summed E-state index contributed by atoms with van der Waals surface area (Å²) in [6, 6.07) is 8.21. The molecule has 3 nitrogen and oxygen atoms in total. The molecule has 96 valence electrons. The highest BCUT2D eigenvalue weighted by Gasteiger charge is 2.25. The molecule has 0 amide bonds. The number of carbonyl (C=O) groups excluding carboxylic acids is 2. The van der Waals surface area contributed by atoms with Gasteiger partial charge in [-0.05, 0) is 37.3 Å². The van der Waals surface area contributed by atoms with Crippen molar-refractivity contribution < 1.29 is 14.3 Å². The molecule has 0 heterocycles. The van der Waals surface area contributed by atoms with Crippen LogP contribution >= 0.6 is 0 Å². The Bertz CT molecular complexity index is 451. The van der Waals surface area contributed by atoms with Gasteiger partial charge in [0.2, 0.25) is 0 Å². The molecular formula is C15H18O3. The zero-order chi connectivity index (χ0) is 13.0. The molecule has 0 saturated heterocycles. The Balaban J connectivity index is 1.96. The minimum absolute atomic E-state index is 0.0166. The van der Waals surface area contributed by atoms with Gasteiger partial charge in [0.1, 0.15) is 12.2 Å². The molecule has 0 aliphatic heterocycles. The van der Waals surface area contributed by atoms with Crippen molar-refractivity contribution in [1.82, 2.24) is 0 Å². The maximum Gasteiger partial charge on any atom is 0.313 e. The Morgan fingerprint density at radius 3 is 2.72 bits per heavy atom. The standard InChI is InChI=1S/C15H18O3/c1-2-18-15(17)10-14(16)13-8-7-11-5-3-4-6-12(11)9-13/h3-6,13H,2,7-10H2,1H3. The van der Waals surface area contributed by atoms with Gasteiger partial charge in [-0.1, -0.05) is 24.3 Å². The van der Waals surface area contributed by atoms with Crippen LogP contribution in [0.5, 0.6) is 0 Å². The molecule has 0 fully saturated rings. The summed E-state index contributed by atoms with van der Waals surface area (Å²) in [4.78, 5) is 23.3. The number of aryl methyl sites for hydroxylation is 1. The second-order valence-electron chi connectivity index (χ2n) is 4.66. The number of fused-ring (bicyclic) bond motifs is 1. The van der Waals surface area contributed by atoms with Crippen molar-refractivity contribution in [2.45, 2.75) is 32.6 Å². The lowest BCUT2D eigenvalue weighted by molar-refractivity contribution is -0.146. The Morgan fingerprint density at radius 2 is 2.00 bits per heavy atom. The molecule has 1 aliphatic carbocycles. The number of hydrogen-bond acceptors (Lipinski definition) is 3. The molecule has 1 unspecified atom stereocenters. The van der Waals surface area contributed by atoms with Gasteiger partial charge in [-0.2, -0.15) is 0 Å². The molecule has 1 aromatic carbocycles. The zero-order valence-electron chi connectivity index (χ0n) is 10.6. The summed E-state index contributed by atoms with van der Waals surface area (Å²) < 4.78 is 4.81. The maximum absolute atomic E-state index is 12.0. The molecule has 0 N–H and O–H groups in total. The highest BCUT2D eigenvalue weighted by Crippen LogP contribution is 2.26. The number of carbonyl (C=O) groups is 2. The van der Waals surface area contributed by atoms with E-state index in [1.807, 2.05) is 12.1 Å². The third-order valence-electron chi connectivity index (χ3n) is 3.43. The summed E-state index contributed by atoms with van der Waals surface area (Å²) in [5, 5.41) is 0. The second-order valence-corrected chi connectivity index (χ2v) is 4.66. The highest BCUT2D eigenvalue weighted by molar-refractivity contribution is 5.97. The fourth-order valence-electron chi connectivity index (χ4n) is 2.47. The van der Waals surface area contributed by atoms with E-state index < -0.39 is 5.97 Å². The number of Topliss-reactive ketones (excluding diaryl/α,β-unsaturated/α-hetero) is 1. The zero-order valence-corrected chi connectivity index (χ0v) is 10.6. The van der Waals surface area contributed by atoms with Crippen LogP contribution in [0.3, 0.4) is 0 Å². The van der Waals surface area contributed by atoms with E-state index in [0.717, 1.165) is 19.3 Å². The van der Waals surface area contributed by atoms with Crippen LogP contribution in [-0.4, -0.2) is 18.4 Å². The summed E-state index contributed by atoms with van der Waals surface area (Å²) in [5.74, 6) is -0.409. The third-order valence-corrected chi connectivity index (χ3v) is 3.43. The van der Waals surface area contributed by atoms with E-state index >= 15 is 0 Å². The first-order chi connectivity index (χ1) is 8.70. The summed E-state index contributed by atoms with van der Waals surface area (Å²) in [5.41, 5.74) is 2.57. The van der Waals surface area contributed by atoms with Crippen LogP contribution in [0.4, 0.5) is 0 Å². The van der Waals surface area contributed by atoms with E-state index in [2.05, 4.69) is 12.1 Å². The topological polar surface area (TPSA) is 43.4 Å². The van der Waals surface area contributed by atoms with Crippen molar-refractivity contribution in [2.75, 3.05) is 6.61 Å². The van der Waals surface area contributed by atoms with Crippen LogP contribution < -0.4 is 0 Å². The van der Waals surface area contributed by atoms with Crippen LogP contribution in [0, 0.1) is 5.92 Å². The second kappa shape index (κ2) is 5.80. The quantitative estimate of drug-likeness (QED) is 0.605. The van der Waals surface area contributed by atoms with E-state index in [-0.39, 0.29) is 18.1 Å². The van der Waals surface area contributed by atoms with E-state index in [1.165, 1.54) is 11.1 Å². The molecule has 0 saturated carbocycles. The van der Waals surface area contributed by atoms with Crippen molar-refractivity contribution in [1.29, 1.82) is 0 Å². The van der Waals surface area contributed by atoms with E-state index in [4.69, 9.17) is 4.74 Å². The molecule has 18 heavy (non-hydrogen) atoms. The average molecular weight is 246 g/mol.